The van der Waals surface area contributed by atoms with Crippen molar-refractivity contribution in [3.8, 4) is 0 Å². The van der Waals surface area contributed by atoms with E-state index in [2.05, 4.69) is 25.6 Å². The van der Waals surface area contributed by atoms with Gasteiger partial charge in [0.1, 0.15) is 0 Å². The van der Waals surface area contributed by atoms with E-state index < -0.39 is 11.3 Å². The maximum atomic E-state index is 12.3. The number of hydrogen-bond donors (Lipinski definition) is 3. The van der Waals surface area contributed by atoms with Crippen LogP contribution in [0.25, 0.3) is 5.65 Å². The number of anilines is 4. The van der Waals surface area contributed by atoms with Crippen LogP contribution in [0.5, 0.6) is 0 Å². The highest BCUT2D eigenvalue weighted by molar-refractivity contribution is 6.06. The molecule has 4 N–H and O–H groups in total. The first-order valence-electron chi connectivity index (χ1n) is 11.4. The van der Waals surface area contributed by atoms with Gasteiger partial charge in [-0.05, 0) is 61.2 Å². The van der Waals surface area contributed by atoms with Gasteiger partial charge in [0.2, 0.25) is 17.8 Å². The smallest absolute Gasteiger partial charge is 0.248 e. The number of rotatable bonds is 4. The molecule has 2 aromatic carbocycles. The van der Waals surface area contributed by atoms with Crippen molar-refractivity contribution < 1.29 is 9.59 Å². The third-order valence-corrected chi connectivity index (χ3v) is 6.80. The van der Waals surface area contributed by atoms with E-state index in [0.29, 0.717) is 29.5 Å². The van der Waals surface area contributed by atoms with Crippen molar-refractivity contribution in [2.75, 3.05) is 22.1 Å². The van der Waals surface area contributed by atoms with Gasteiger partial charge in [-0.2, -0.15) is 4.98 Å². The van der Waals surface area contributed by atoms with E-state index in [1.807, 2.05) is 44.2 Å². The SMILES string of the molecule is CC1(C)C(=O)Nc2cc(Nc3nc4c(N5CCc6ccc(C(N)=O)cc6C5)nccn4n3)ccc21. The summed E-state index contributed by atoms with van der Waals surface area (Å²) in [7, 11) is 0. The van der Waals surface area contributed by atoms with Crippen molar-refractivity contribution in [1.82, 2.24) is 19.6 Å². The summed E-state index contributed by atoms with van der Waals surface area (Å²) in [6.07, 6.45) is 4.28. The molecule has 2 amide bonds. The second kappa shape index (κ2) is 7.52. The number of aromatic nitrogens is 4. The fourth-order valence-electron chi connectivity index (χ4n) is 4.77. The molecule has 0 radical (unpaired) electrons. The zero-order chi connectivity index (χ0) is 24.3. The van der Waals surface area contributed by atoms with Gasteiger partial charge in [-0.3, -0.25) is 9.59 Å². The highest BCUT2D eigenvalue weighted by Gasteiger charge is 2.38. The van der Waals surface area contributed by atoms with E-state index in [9.17, 15) is 9.59 Å². The molecule has 0 saturated carbocycles. The first-order chi connectivity index (χ1) is 16.8. The molecular formula is C25H24N8O2. The number of carbonyl (C=O) groups is 2. The Morgan fingerprint density at radius 2 is 2.03 bits per heavy atom. The fraction of sp³-hybridized carbons (Fsp3) is 0.240. The van der Waals surface area contributed by atoms with Gasteiger partial charge in [0.05, 0.1) is 5.41 Å². The predicted octanol–water partition coefficient (Wildman–Crippen LogP) is 2.76. The van der Waals surface area contributed by atoms with Crippen LogP contribution in [-0.4, -0.2) is 37.9 Å². The largest absolute Gasteiger partial charge is 0.366 e. The monoisotopic (exact) mass is 468 g/mol. The van der Waals surface area contributed by atoms with E-state index in [1.54, 1.807) is 23.0 Å². The lowest BCUT2D eigenvalue weighted by Gasteiger charge is -2.29. The van der Waals surface area contributed by atoms with Crippen LogP contribution in [0.2, 0.25) is 0 Å². The van der Waals surface area contributed by atoms with Gasteiger partial charge < -0.3 is 21.3 Å². The molecule has 0 spiro atoms. The Morgan fingerprint density at radius 3 is 2.86 bits per heavy atom. The molecule has 0 unspecified atom stereocenters. The van der Waals surface area contributed by atoms with Gasteiger partial charge in [0, 0.05) is 42.4 Å². The van der Waals surface area contributed by atoms with Gasteiger partial charge in [0.15, 0.2) is 11.5 Å². The van der Waals surface area contributed by atoms with Crippen molar-refractivity contribution in [3.63, 3.8) is 0 Å². The number of amides is 2. The molecule has 6 rings (SSSR count). The number of carbonyl (C=O) groups excluding carboxylic acids is 2. The standard InChI is InChI=1S/C25H24N8O2/c1-25(2)18-6-5-17(12-19(18)29-23(25)35)28-24-30-22-21(27-8-10-33(22)31-24)32-9-7-14-3-4-15(20(26)34)11-16(14)13-32/h3-6,8,10-12H,7,9,13H2,1-2H3,(H2,26,34)(H,28,31)(H,29,35). The van der Waals surface area contributed by atoms with Gasteiger partial charge in [0.25, 0.3) is 0 Å². The zero-order valence-electron chi connectivity index (χ0n) is 19.4. The number of benzene rings is 2. The van der Waals surface area contributed by atoms with E-state index in [1.165, 1.54) is 5.56 Å². The van der Waals surface area contributed by atoms with E-state index in [4.69, 9.17) is 10.7 Å². The quantitative estimate of drug-likeness (QED) is 0.420. The minimum absolute atomic E-state index is 0.0164. The van der Waals surface area contributed by atoms with Crippen molar-refractivity contribution in [2.45, 2.75) is 32.2 Å². The first-order valence-corrected chi connectivity index (χ1v) is 11.4. The van der Waals surface area contributed by atoms with Crippen LogP contribution >= 0.6 is 0 Å². The molecule has 10 nitrogen and oxygen atoms in total. The third-order valence-electron chi connectivity index (χ3n) is 6.80. The molecule has 0 fully saturated rings. The topological polar surface area (TPSA) is 131 Å². The molecule has 2 aliphatic heterocycles. The summed E-state index contributed by atoms with van der Waals surface area (Å²) in [4.78, 5) is 35.3. The molecule has 4 aromatic rings. The average Bonchev–Trinajstić information content (AvgIpc) is 3.34. The highest BCUT2D eigenvalue weighted by Crippen LogP contribution is 2.39. The summed E-state index contributed by atoms with van der Waals surface area (Å²) in [6, 6.07) is 11.4. The summed E-state index contributed by atoms with van der Waals surface area (Å²) >= 11 is 0. The van der Waals surface area contributed by atoms with Crippen LogP contribution in [-0.2, 0) is 23.2 Å². The van der Waals surface area contributed by atoms with Crippen LogP contribution in [0.15, 0.2) is 48.8 Å². The van der Waals surface area contributed by atoms with Crippen LogP contribution in [0.4, 0.5) is 23.1 Å². The van der Waals surface area contributed by atoms with Crippen molar-refractivity contribution in [2.24, 2.45) is 5.73 Å². The molecule has 0 bridgehead atoms. The van der Waals surface area contributed by atoms with E-state index >= 15 is 0 Å². The lowest BCUT2D eigenvalue weighted by atomic mass is 9.86. The fourth-order valence-corrected chi connectivity index (χ4v) is 4.77. The summed E-state index contributed by atoms with van der Waals surface area (Å²) < 4.78 is 1.69. The normalized spacial score (nSPS) is 16.1. The highest BCUT2D eigenvalue weighted by atomic mass is 16.2. The Morgan fingerprint density at radius 1 is 1.17 bits per heavy atom. The Hall–Kier alpha value is -4.47. The lowest BCUT2D eigenvalue weighted by Crippen LogP contribution is -2.31. The van der Waals surface area contributed by atoms with Gasteiger partial charge >= 0.3 is 0 Å². The number of nitrogens with one attached hydrogen (secondary N) is 2. The zero-order valence-corrected chi connectivity index (χ0v) is 19.4. The molecule has 0 atom stereocenters. The number of nitrogens with two attached hydrogens (primary N) is 1. The van der Waals surface area contributed by atoms with Crippen LogP contribution in [0, 0.1) is 0 Å². The summed E-state index contributed by atoms with van der Waals surface area (Å²) in [5, 5.41) is 10.7. The van der Waals surface area contributed by atoms with Gasteiger partial charge in [-0.15, -0.1) is 5.10 Å². The third kappa shape index (κ3) is 3.45. The molecule has 10 heteroatoms. The molecule has 4 heterocycles. The summed E-state index contributed by atoms with van der Waals surface area (Å²) in [5.41, 5.74) is 10.8. The molecule has 0 saturated heterocycles. The Balaban J connectivity index is 1.29. The minimum atomic E-state index is -0.555. The Bertz CT molecular complexity index is 1520. The summed E-state index contributed by atoms with van der Waals surface area (Å²) in [6.45, 7) is 5.19. The van der Waals surface area contributed by atoms with Crippen LogP contribution < -0.4 is 21.3 Å². The summed E-state index contributed by atoms with van der Waals surface area (Å²) in [5.74, 6) is 0.688. The van der Waals surface area contributed by atoms with Gasteiger partial charge in [-0.25, -0.2) is 9.50 Å². The van der Waals surface area contributed by atoms with Crippen molar-refractivity contribution in [1.29, 1.82) is 0 Å². The van der Waals surface area contributed by atoms with Crippen LogP contribution in [0.1, 0.15) is 40.9 Å². The predicted molar refractivity (Wildman–Crippen MR) is 132 cm³/mol. The number of fused-ring (bicyclic) bond motifs is 3. The maximum Gasteiger partial charge on any atom is 0.248 e. The number of primary amides is 1. The lowest BCUT2D eigenvalue weighted by molar-refractivity contribution is -0.119. The number of nitrogens with zero attached hydrogens (tertiary/aromatic N) is 5. The first kappa shape index (κ1) is 21.1. The van der Waals surface area contributed by atoms with Crippen LogP contribution in [0.3, 0.4) is 0 Å². The Labute approximate surface area is 201 Å². The van der Waals surface area contributed by atoms with E-state index in [0.717, 1.165) is 35.5 Å². The minimum Gasteiger partial charge on any atom is -0.366 e. The average molecular weight is 469 g/mol. The molecule has 2 aliphatic rings. The second-order valence-electron chi connectivity index (χ2n) is 9.44. The van der Waals surface area contributed by atoms with E-state index in [-0.39, 0.29) is 5.91 Å². The molecular weight excluding hydrogens is 444 g/mol. The second-order valence-corrected chi connectivity index (χ2v) is 9.44. The van der Waals surface area contributed by atoms with Crippen molar-refractivity contribution in [3.05, 3.63) is 71.0 Å². The molecule has 0 aliphatic carbocycles. The van der Waals surface area contributed by atoms with Gasteiger partial charge in [-0.1, -0.05) is 12.1 Å². The molecule has 176 valence electrons. The molecule has 2 aromatic heterocycles. The molecule has 35 heavy (non-hydrogen) atoms. The maximum absolute atomic E-state index is 12.3. The number of hydrogen-bond acceptors (Lipinski definition) is 7. The van der Waals surface area contributed by atoms with Crippen molar-refractivity contribution >= 4 is 40.6 Å². The Kier molecular flexibility index (Phi) is 4.53.